The third kappa shape index (κ3) is 2.09. The van der Waals surface area contributed by atoms with E-state index in [4.69, 9.17) is 5.02 Å². The second kappa shape index (κ2) is 3.92. The zero-order chi connectivity index (χ0) is 7.23. The van der Waals surface area contributed by atoms with Gasteiger partial charge in [-0.2, -0.15) is 0 Å². The van der Waals surface area contributed by atoms with Crippen LogP contribution in [0.5, 0.6) is 0 Å². The Kier molecular flexibility index (Phi) is 2.79. The Labute approximate surface area is 59.9 Å². The maximum absolute atomic E-state index is 8.12. The highest BCUT2D eigenvalue weighted by Gasteiger charge is 1.87. The molecule has 1 rings (SSSR count). The molecule has 0 spiro atoms. The molecule has 0 aliphatic rings. The summed E-state index contributed by atoms with van der Waals surface area (Å²) in [6, 6.07) is 9.27. The van der Waals surface area contributed by atoms with E-state index in [1.54, 1.807) is 0 Å². The highest BCUT2D eigenvalue weighted by Crippen LogP contribution is 2.03. The van der Waals surface area contributed by atoms with Crippen molar-refractivity contribution < 1.29 is 9.78 Å². The van der Waals surface area contributed by atoms with Crippen LogP contribution in [0.1, 0.15) is 0 Å². The van der Waals surface area contributed by atoms with Crippen LogP contribution in [0.25, 0.3) is 0 Å². The Bertz CT molecular complexity index is 180. The lowest BCUT2D eigenvalue weighted by Gasteiger charge is -2.01. The van der Waals surface area contributed by atoms with Gasteiger partial charge < -0.3 is 9.78 Å². The topological polar surface area (TPSA) is 41.5 Å². The number of rotatable bonds is 3. The molecular weight excluding hydrogens is 129 g/mol. The van der Waals surface area contributed by atoms with E-state index in [9.17, 15) is 0 Å². The van der Waals surface area contributed by atoms with Crippen molar-refractivity contribution in [1.29, 1.82) is 0 Å². The third-order valence-electron chi connectivity index (χ3n) is 1.00. The molecule has 0 aliphatic heterocycles. The second-order valence-electron chi connectivity index (χ2n) is 1.69. The lowest BCUT2D eigenvalue weighted by atomic mass is 10.3. The van der Waals surface area contributed by atoms with Gasteiger partial charge >= 0.3 is 7.69 Å². The smallest absolute Gasteiger partial charge is 0.428 e. The average molecular weight is 136 g/mol. The molecule has 0 aromatic heterocycles. The summed E-state index contributed by atoms with van der Waals surface area (Å²) in [7, 11) is 0.590. The van der Waals surface area contributed by atoms with Crippen LogP contribution in [0.2, 0.25) is 0 Å². The molecule has 2 N–H and O–H groups in total. The van der Waals surface area contributed by atoms with Gasteiger partial charge in [0, 0.05) is 0 Å². The van der Waals surface area contributed by atoms with Crippen molar-refractivity contribution in [3.05, 3.63) is 30.3 Å². The van der Waals surface area contributed by atoms with Gasteiger partial charge in [0.2, 0.25) is 0 Å². The number of nitrogens with one attached hydrogen (secondary N) is 1. The predicted molar refractivity (Wildman–Crippen MR) is 39.1 cm³/mol. The van der Waals surface area contributed by atoms with Gasteiger partial charge in [-0.15, -0.1) is 0 Å². The van der Waals surface area contributed by atoms with Crippen LogP contribution < -0.4 is 5.48 Å². The summed E-state index contributed by atoms with van der Waals surface area (Å²) in [6.07, 6.45) is 0. The first-order chi connectivity index (χ1) is 4.93. The molecular formula is C6H7BNO2. The number of benzene rings is 1. The molecule has 1 aromatic carbocycles. The molecule has 0 atom stereocenters. The fourth-order valence-corrected chi connectivity index (χ4v) is 0.601. The zero-order valence-corrected chi connectivity index (χ0v) is 5.32. The van der Waals surface area contributed by atoms with E-state index in [1.165, 1.54) is 0 Å². The Hall–Kier alpha value is -0.995. The Morgan fingerprint density at radius 2 is 2.00 bits per heavy atom. The minimum Gasteiger partial charge on any atom is -0.428 e. The number of anilines is 1. The largest absolute Gasteiger partial charge is 0.510 e. The van der Waals surface area contributed by atoms with Crippen LogP contribution in [-0.2, 0) is 4.76 Å². The zero-order valence-electron chi connectivity index (χ0n) is 5.32. The summed E-state index contributed by atoms with van der Waals surface area (Å²) < 4.78 is 4.40. The average Bonchev–Trinajstić information content (AvgIpc) is 2.03. The minimum atomic E-state index is 0.590. The highest BCUT2D eigenvalue weighted by atomic mass is 16.6. The van der Waals surface area contributed by atoms with Crippen molar-refractivity contribution >= 4 is 13.4 Å². The molecule has 51 valence electrons. The maximum atomic E-state index is 8.12. The van der Waals surface area contributed by atoms with E-state index in [0.29, 0.717) is 7.69 Å². The van der Waals surface area contributed by atoms with Crippen LogP contribution in [0, 0.1) is 0 Å². The molecule has 0 heterocycles. The van der Waals surface area contributed by atoms with E-state index < -0.39 is 0 Å². The number of hydrogen-bond acceptors (Lipinski definition) is 3. The summed E-state index contributed by atoms with van der Waals surface area (Å²) in [5.74, 6) is 0. The summed E-state index contributed by atoms with van der Waals surface area (Å²) >= 11 is 0. The molecule has 0 bridgehead atoms. The highest BCUT2D eigenvalue weighted by molar-refractivity contribution is 6.16. The molecule has 0 fully saturated rings. The first kappa shape index (κ1) is 7.12. The van der Waals surface area contributed by atoms with Gasteiger partial charge in [0.1, 0.15) is 0 Å². The quantitative estimate of drug-likeness (QED) is 0.471. The van der Waals surface area contributed by atoms with Gasteiger partial charge in [0.25, 0.3) is 0 Å². The van der Waals surface area contributed by atoms with E-state index >= 15 is 0 Å². The van der Waals surface area contributed by atoms with E-state index in [0.717, 1.165) is 5.69 Å². The van der Waals surface area contributed by atoms with Gasteiger partial charge in [-0.05, 0) is 12.1 Å². The summed E-state index contributed by atoms with van der Waals surface area (Å²) in [5.41, 5.74) is 3.29. The molecule has 10 heavy (non-hydrogen) atoms. The first-order valence-electron chi connectivity index (χ1n) is 2.86. The van der Waals surface area contributed by atoms with Crippen molar-refractivity contribution in [3.8, 4) is 0 Å². The standard InChI is InChI=1S/C6H7BNO2/c9-7-10-8-6-4-2-1-3-5-6/h1-5,8-9H. The van der Waals surface area contributed by atoms with Gasteiger partial charge in [0.05, 0.1) is 5.69 Å². The van der Waals surface area contributed by atoms with Gasteiger partial charge in [-0.3, -0.25) is 5.48 Å². The van der Waals surface area contributed by atoms with Crippen molar-refractivity contribution in [2.24, 2.45) is 0 Å². The van der Waals surface area contributed by atoms with E-state index in [1.807, 2.05) is 30.3 Å². The minimum absolute atomic E-state index is 0.590. The monoisotopic (exact) mass is 136 g/mol. The third-order valence-corrected chi connectivity index (χ3v) is 1.00. The Balaban J connectivity index is 2.43. The molecule has 3 nitrogen and oxygen atoms in total. The summed E-state index contributed by atoms with van der Waals surface area (Å²) in [4.78, 5) is 0. The fourth-order valence-electron chi connectivity index (χ4n) is 0.601. The van der Waals surface area contributed by atoms with Crippen molar-refractivity contribution in [2.75, 3.05) is 5.48 Å². The molecule has 1 aromatic rings. The van der Waals surface area contributed by atoms with E-state index in [2.05, 4.69) is 10.2 Å². The van der Waals surface area contributed by atoms with Crippen molar-refractivity contribution in [3.63, 3.8) is 0 Å². The van der Waals surface area contributed by atoms with E-state index in [-0.39, 0.29) is 0 Å². The van der Waals surface area contributed by atoms with Crippen molar-refractivity contribution in [2.45, 2.75) is 0 Å². The number of hydrogen-bond donors (Lipinski definition) is 2. The predicted octanol–water partition coefficient (Wildman–Crippen LogP) is 0.557. The maximum Gasteiger partial charge on any atom is 0.510 e. The van der Waals surface area contributed by atoms with Gasteiger partial charge in [-0.25, -0.2) is 0 Å². The van der Waals surface area contributed by atoms with Crippen molar-refractivity contribution in [1.82, 2.24) is 0 Å². The number of para-hydroxylation sites is 1. The lowest BCUT2D eigenvalue weighted by Crippen LogP contribution is -2.04. The van der Waals surface area contributed by atoms with Crippen LogP contribution in [0.3, 0.4) is 0 Å². The fraction of sp³-hybridized carbons (Fsp3) is 0. The second-order valence-corrected chi connectivity index (χ2v) is 1.69. The normalized spacial score (nSPS) is 8.90. The molecule has 0 unspecified atom stereocenters. The summed E-state index contributed by atoms with van der Waals surface area (Å²) in [6.45, 7) is 0. The SMILES string of the molecule is O[B]ONc1ccccc1. The molecule has 0 saturated heterocycles. The first-order valence-corrected chi connectivity index (χ1v) is 2.86. The molecule has 4 heteroatoms. The Morgan fingerprint density at radius 3 is 2.60 bits per heavy atom. The van der Waals surface area contributed by atoms with Crippen LogP contribution in [0.4, 0.5) is 5.69 Å². The van der Waals surface area contributed by atoms with Crippen LogP contribution >= 0.6 is 0 Å². The molecule has 0 aliphatic carbocycles. The summed E-state index contributed by atoms with van der Waals surface area (Å²) in [5, 5.41) is 8.12. The molecule has 0 saturated carbocycles. The van der Waals surface area contributed by atoms with Gasteiger partial charge in [-0.1, -0.05) is 18.2 Å². The lowest BCUT2D eigenvalue weighted by molar-refractivity contribution is 0.353. The Morgan fingerprint density at radius 1 is 1.30 bits per heavy atom. The van der Waals surface area contributed by atoms with Crippen LogP contribution in [0.15, 0.2) is 30.3 Å². The molecule has 1 radical (unpaired) electrons. The van der Waals surface area contributed by atoms with Gasteiger partial charge in [0.15, 0.2) is 0 Å². The molecule has 0 amide bonds. The van der Waals surface area contributed by atoms with Crippen LogP contribution in [-0.4, -0.2) is 12.7 Å².